The third kappa shape index (κ3) is 3.01. The smallest absolute Gasteiger partial charge is 0.265 e. The number of anilines is 2. The van der Waals surface area contributed by atoms with Gasteiger partial charge in [0.1, 0.15) is 5.75 Å². The Balaban J connectivity index is 1.81. The predicted molar refractivity (Wildman–Crippen MR) is 80.5 cm³/mol. The first-order valence-electron chi connectivity index (χ1n) is 7.42. The number of hydrogen-bond donors (Lipinski definition) is 1. The van der Waals surface area contributed by atoms with Crippen LogP contribution < -0.4 is 15.0 Å². The molecular formula is C16H20N2O3. The molecule has 0 bridgehead atoms. The van der Waals surface area contributed by atoms with Gasteiger partial charge >= 0.3 is 0 Å². The highest BCUT2D eigenvalue weighted by atomic mass is 16.5. The predicted octanol–water partition coefficient (Wildman–Crippen LogP) is 2.42. The summed E-state index contributed by atoms with van der Waals surface area (Å²) in [7, 11) is 0. The van der Waals surface area contributed by atoms with Crippen LogP contribution in [-0.2, 0) is 9.59 Å². The molecule has 1 aliphatic heterocycles. The molecule has 1 saturated carbocycles. The van der Waals surface area contributed by atoms with Crippen LogP contribution in [0.1, 0.15) is 26.7 Å². The second-order valence-electron chi connectivity index (χ2n) is 6.13. The van der Waals surface area contributed by atoms with E-state index in [0.717, 1.165) is 24.2 Å². The molecule has 0 spiro atoms. The average molecular weight is 288 g/mol. The van der Waals surface area contributed by atoms with Crippen molar-refractivity contribution in [3.8, 4) is 5.75 Å². The SMILES string of the molecule is CC(C)CN1C(=O)COc2cc(NC(=O)C3CC3)ccc21. The number of amides is 2. The lowest BCUT2D eigenvalue weighted by Gasteiger charge is -2.31. The Labute approximate surface area is 124 Å². The Kier molecular flexibility index (Phi) is 3.57. The van der Waals surface area contributed by atoms with Gasteiger partial charge in [-0.2, -0.15) is 0 Å². The molecule has 0 saturated heterocycles. The van der Waals surface area contributed by atoms with Crippen molar-refractivity contribution in [1.82, 2.24) is 0 Å². The maximum Gasteiger partial charge on any atom is 0.265 e. The first kappa shape index (κ1) is 13.9. The van der Waals surface area contributed by atoms with Crippen LogP contribution in [0.15, 0.2) is 18.2 Å². The Morgan fingerprint density at radius 2 is 2.19 bits per heavy atom. The van der Waals surface area contributed by atoms with E-state index in [4.69, 9.17) is 4.74 Å². The van der Waals surface area contributed by atoms with Crippen LogP contribution in [-0.4, -0.2) is 25.0 Å². The van der Waals surface area contributed by atoms with Gasteiger partial charge in [0.25, 0.3) is 5.91 Å². The number of carbonyl (C=O) groups excluding carboxylic acids is 2. The summed E-state index contributed by atoms with van der Waals surface area (Å²) in [5, 5.41) is 2.90. The van der Waals surface area contributed by atoms with E-state index in [2.05, 4.69) is 19.2 Å². The van der Waals surface area contributed by atoms with Crippen LogP contribution in [0.25, 0.3) is 0 Å². The average Bonchev–Trinajstić information content (AvgIpc) is 3.26. The van der Waals surface area contributed by atoms with E-state index in [1.54, 1.807) is 11.0 Å². The monoisotopic (exact) mass is 288 g/mol. The molecule has 5 heteroatoms. The second-order valence-corrected chi connectivity index (χ2v) is 6.13. The van der Waals surface area contributed by atoms with Gasteiger partial charge in [0.15, 0.2) is 6.61 Å². The fourth-order valence-electron chi connectivity index (χ4n) is 2.44. The second kappa shape index (κ2) is 5.39. The zero-order valence-corrected chi connectivity index (χ0v) is 12.4. The van der Waals surface area contributed by atoms with Gasteiger partial charge in [0.2, 0.25) is 5.91 Å². The van der Waals surface area contributed by atoms with Gasteiger partial charge in [-0.3, -0.25) is 9.59 Å². The lowest BCUT2D eigenvalue weighted by molar-refractivity contribution is -0.121. The van der Waals surface area contributed by atoms with Gasteiger partial charge in [-0.25, -0.2) is 0 Å². The standard InChI is InChI=1S/C16H20N2O3/c1-10(2)8-18-13-6-5-12(17-16(20)11-3-4-11)7-14(13)21-9-15(18)19/h5-7,10-11H,3-4,8-9H2,1-2H3,(H,17,20). The van der Waals surface area contributed by atoms with Crippen LogP contribution in [0.3, 0.4) is 0 Å². The minimum atomic E-state index is -0.0223. The minimum absolute atomic E-state index is 0.0223. The minimum Gasteiger partial charge on any atom is -0.481 e. The highest BCUT2D eigenvalue weighted by molar-refractivity contribution is 5.99. The van der Waals surface area contributed by atoms with E-state index in [0.29, 0.717) is 18.2 Å². The number of nitrogens with one attached hydrogen (secondary N) is 1. The van der Waals surface area contributed by atoms with Crippen LogP contribution in [0.4, 0.5) is 11.4 Å². The maximum absolute atomic E-state index is 12.0. The van der Waals surface area contributed by atoms with Crippen LogP contribution in [0, 0.1) is 11.8 Å². The molecule has 1 aromatic carbocycles. The summed E-state index contributed by atoms with van der Waals surface area (Å²) in [6.45, 7) is 4.88. The molecule has 1 heterocycles. The lowest BCUT2D eigenvalue weighted by Crippen LogP contribution is -2.40. The molecule has 2 aliphatic rings. The quantitative estimate of drug-likeness (QED) is 0.925. The molecule has 0 aromatic heterocycles. The molecule has 0 unspecified atom stereocenters. The summed E-state index contributed by atoms with van der Waals surface area (Å²) in [6, 6.07) is 5.47. The zero-order valence-electron chi connectivity index (χ0n) is 12.4. The van der Waals surface area contributed by atoms with Crippen molar-refractivity contribution >= 4 is 23.2 Å². The Bertz CT molecular complexity index is 579. The molecule has 1 fully saturated rings. The number of fused-ring (bicyclic) bond motifs is 1. The van der Waals surface area contributed by atoms with Crippen molar-refractivity contribution in [3.63, 3.8) is 0 Å². The Morgan fingerprint density at radius 1 is 1.43 bits per heavy atom. The highest BCUT2D eigenvalue weighted by Gasteiger charge is 2.30. The molecule has 2 amide bonds. The summed E-state index contributed by atoms with van der Waals surface area (Å²) in [5.74, 6) is 1.26. The van der Waals surface area contributed by atoms with E-state index in [9.17, 15) is 9.59 Å². The number of ether oxygens (including phenoxy) is 1. The van der Waals surface area contributed by atoms with Crippen molar-refractivity contribution < 1.29 is 14.3 Å². The Morgan fingerprint density at radius 3 is 2.86 bits per heavy atom. The van der Waals surface area contributed by atoms with Crippen molar-refractivity contribution in [2.24, 2.45) is 11.8 Å². The van der Waals surface area contributed by atoms with E-state index in [1.165, 1.54) is 0 Å². The molecule has 3 rings (SSSR count). The molecule has 1 aromatic rings. The van der Waals surface area contributed by atoms with E-state index in [-0.39, 0.29) is 24.3 Å². The van der Waals surface area contributed by atoms with Crippen molar-refractivity contribution in [3.05, 3.63) is 18.2 Å². The summed E-state index contributed by atoms with van der Waals surface area (Å²) < 4.78 is 5.50. The summed E-state index contributed by atoms with van der Waals surface area (Å²) in [6.07, 6.45) is 1.95. The summed E-state index contributed by atoms with van der Waals surface area (Å²) in [4.78, 5) is 25.5. The van der Waals surface area contributed by atoms with Gasteiger partial charge in [-0.15, -0.1) is 0 Å². The fraction of sp³-hybridized carbons (Fsp3) is 0.500. The van der Waals surface area contributed by atoms with E-state index >= 15 is 0 Å². The molecule has 112 valence electrons. The van der Waals surface area contributed by atoms with Crippen LogP contribution in [0.5, 0.6) is 5.75 Å². The first-order chi connectivity index (χ1) is 10.0. The number of hydrogen-bond acceptors (Lipinski definition) is 3. The van der Waals surface area contributed by atoms with Crippen molar-refractivity contribution in [2.45, 2.75) is 26.7 Å². The van der Waals surface area contributed by atoms with Gasteiger partial charge in [0.05, 0.1) is 5.69 Å². The molecule has 0 radical (unpaired) electrons. The highest BCUT2D eigenvalue weighted by Crippen LogP contribution is 2.36. The first-order valence-corrected chi connectivity index (χ1v) is 7.42. The molecule has 21 heavy (non-hydrogen) atoms. The van der Waals surface area contributed by atoms with Gasteiger partial charge < -0.3 is 15.0 Å². The third-order valence-electron chi connectivity index (χ3n) is 3.67. The fourth-order valence-corrected chi connectivity index (χ4v) is 2.44. The normalized spacial score (nSPS) is 17.5. The van der Waals surface area contributed by atoms with Gasteiger partial charge in [0, 0.05) is 24.2 Å². The summed E-state index contributed by atoms with van der Waals surface area (Å²) in [5.41, 5.74) is 1.51. The van der Waals surface area contributed by atoms with Crippen molar-refractivity contribution in [1.29, 1.82) is 0 Å². The third-order valence-corrected chi connectivity index (χ3v) is 3.67. The molecule has 1 N–H and O–H groups in total. The topological polar surface area (TPSA) is 58.6 Å². The van der Waals surface area contributed by atoms with E-state index < -0.39 is 0 Å². The Hall–Kier alpha value is -2.04. The lowest BCUT2D eigenvalue weighted by atomic mass is 10.1. The van der Waals surface area contributed by atoms with E-state index in [1.807, 2.05) is 12.1 Å². The number of benzene rings is 1. The maximum atomic E-state index is 12.0. The summed E-state index contributed by atoms with van der Waals surface area (Å²) >= 11 is 0. The van der Waals surface area contributed by atoms with Crippen LogP contribution >= 0.6 is 0 Å². The molecule has 5 nitrogen and oxygen atoms in total. The number of nitrogens with zero attached hydrogens (tertiary/aromatic N) is 1. The molecule has 1 aliphatic carbocycles. The molecule has 0 atom stereocenters. The molecular weight excluding hydrogens is 268 g/mol. The largest absolute Gasteiger partial charge is 0.481 e. The van der Waals surface area contributed by atoms with Crippen LogP contribution in [0.2, 0.25) is 0 Å². The number of carbonyl (C=O) groups is 2. The van der Waals surface area contributed by atoms with Crippen molar-refractivity contribution in [2.75, 3.05) is 23.4 Å². The van der Waals surface area contributed by atoms with Gasteiger partial charge in [-0.1, -0.05) is 13.8 Å². The van der Waals surface area contributed by atoms with Gasteiger partial charge in [-0.05, 0) is 30.9 Å². The number of rotatable bonds is 4. The zero-order chi connectivity index (χ0) is 15.0.